The summed E-state index contributed by atoms with van der Waals surface area (Å²) in [6.07, 6.45) is 4.66. The number of fused-ring (bicyclic) bond motifs is 2. The van der Waals surface area contributed by atoms with Crippen molar-refractivity contribution in [2.45, 2.75) is 19.3 Å². The van der Waals surface area contributed by atoms with Crippen LogP contribution in [0.1, 0.15) is 40.0 Å². The first-order valence-corrected chi connectivity index (χ1v) is 12.1. The normalized spacial score (nSPS) is 18.4. The van der Waals surface area contributed by atoms with Crippen molar-refractivity contribution >= 4 is 39.3 Å². The molecule has 0 bridgehead atoms. The highest BCUT2D eigenvalue weighted by Gasteiger charge is 2.29. The van der Waals surface area contributed by atoms with Gasteiger partial charge in [-0.2, -0.15) is 0 Å². The lowest BCUT2D eigenvalue weighted by molar-refractivity contribution is 0.0772. The third kappa shape index (κ3) is 3.92. The van der Waals surface area contributed by atoms with Crippen molar-refractivity contribution in [1.29, 1.82) is 0 Å². The average molecular weight is 435 g/mol. The highest BCUT2D eigenvalue weighted by atomic mass is 32.2. The molecule has 5 rings (SSSR count). The molecular weight excluding hydrogens is 411 g/mol. The SMILES string of the molecule is O=C(c1c2c(nc3ccccc13)/C(=C/c1ccc(F)cc1)CCC2)N1CCS(=O)CC1. The number of amides is 1. The van der Waals surface area contributed by atoms with Crippen LogP contribution in [0.3, 0.4) is 0 Å². The molecule has 2 heterocycles. The van der Waals surface area contributed by atoms with Crippen LogP contribution in [-0.2, 0) is 17.2 Å². The number of nitrogens with zero attached hydrogens (tertiary/aromatic N) is 2. The molecule has 2 aliphatic rings. The Bertz CT molecular complexity index is 1210. The summed E-state index contributed by atoms with van der Waals surface area (Å²) in [5, 5.41) is 0.876. The number of rotatable bonds is 2. The maximum absolute atomic E-state index is 13.6. The summed E-state index contributed by atoms with van der Waals surface area (Å²) in [5.74, 6) is 0.819. The van der Waals surface area contributed by atoms with Crippen LogP contribution in [0.25, 0.3) is 22.6 Å². The van der Waals surface area contributed by atoms with E-state index in [2.05, 4.69) is 6.08 Å². The Labute approximate surface area is 183 Å². The highest BCUT2D eigenvalue weighted by Crippen LogP contribution is 2.36. The number of para-hydroxylation sites is 1. The fourth-order valence-electron chi connectivity index (χ4n) is 4.48. The number of hydrogen-bond donors (Lipinski definition) is 0. The van der Waals surface area contributed by atoms with Gasteiger partial charge in [0, 0.05) is 40.8 Å². The second kappa shape index (κ2) is 8.35. The van der Waals surface area contributed by atoms with Crippen molar-refractivity contribution in [2.75, 3.05) is 24.6 Å². The predicted octanol–water partition coefficient (Wildman–Crippen LogP) is 4.46. The first-order valence-electron chi connectivity index (χ1n) is 10.6. The lowest BCUT2D eigenvalue weighted by atomic mass is 9.85. The lowest BCUT2D eigenvalue weighted by Gasteiger charge is -2.29. The van der Waals surface area contributed by atoms with Gasteiger partial charge >= 0.3 is 0 Å². The molecule has 1 aliphatic heterocycles. The van der Waals surface area contributed by atoms with Crippen molar-refractivity contribution in [3.8, 4) is 0 Å². The van der Waals surface area contributed by atoms with E-state index in [1.54, 1.807) is 12.1 Å². The topological polar surface area (TPSA) is 50.3 Å². The van der Waals surface area contributed by atoms with Gasteiger partial charge in [-0.25, -0.2) is 9.37 Å². The predicted molar refractivity (Wildman–Crippen MR) is 123 cm³/mol. The van der Waals surface area contributed by atoms with Crippen LogP contribution >= 0.6 is 0 Å². The molecule has 1 aliphatic carbocycles. The van der Waals surface area contributed by atoms with Crippen molar-refractivity contribution in [3.05, 3.63) is 76.7 Å². The van der Waals surface area contributed by atoms with Crippen molar-refractivity contribution in [2.24, 2.45) is 0 Å². The minimum Gasteiger partial charge on any atom is -0.337 e. The molecule has 0 radical (unpaired) electrons. The Morgan fingerprint density at radius 2 is 1.77 bits per heavy atom. The van der Waals surface area contributed by atoms with Gasteiger partial charge in [-0.1, -0.05) is 30.3 Å². The Kier molecular flexibility index (Phi) is 5.40. The van der Waals surface area contributed by atoms with Gasteiger partial charge in [0.2, 0.25) is 0 Å². The maximum Gasteiger partial charge on any atom is 0.254 e. The minimum atomic E-state index is -0.835. The van der Waals surface area contributed by atoms with E-state index in [0.29, 0.717) is 24.6 Å². The third-order valence-corrected chi connectivity index (χ3v) is 7.34. The van der Waals surface area contributed by atoms with E-state index in [1.807, 2.05) is 29.2 Å². The van der Waals surface area contributed by atoms with E-state index in [-0.39, 0.29) is 11.7 Å². The van der Waals surface area contributed by atoms with E-state index in [1.165, 1.54) is 12.1 Å². The van der Waals surface area contributed by atoms with Crippen LogP contribution < -0.4 is 0 Å². The zero-order valence-electron chi connectivity index (χ0n) is 17.1. The largest absolute Gasteiger partial charge is 0.337 e. The molecule has 1 saturated heterocycles. The number of pyridine rings is 1. The number of halogens is 1. The van der Waals surface area contributed by atoms with Gasteiger partial charge in [-0.3, -0.25) is 9.00 Å². The summed E-state index contributed by atoms with van der Waals surface area (Å²) in [5.41, 5.74) is 5.40. The van der Waals surface area contributed by atoms with Crippen LogP contribution in [0, 0.1) is 5.82 Å². The van der Waals surface area contributed by atoms with Gasteiger partial charge in [-0.15, -0.1) is 0 Å². The first-order chi connectivity index (χ1) is 15.1. The monoisotopic (exact) mass is 434 g/mol. The summed E-state index contributed by atoms with van der Waals surface area (Å²) in [4.78, 5) is 20.4. The van der Waals surface area contributed by atoms with Gasteiger partial charge in [-0.05, 0) is 60.2 Å². The first kappa shape index (κ1) is 20.1. The minimum absolute atomic E-state index is 0.00887. The summed E-state index contributed by atoms with van der Waals surface area (Å²) >= 11 is 0. The molecule has 0 unspecified atom stereocenters. The number of carbonyl (C=O) groups excluding carboxylic acids is 1. The number of aromatic nitrogens is 1. The molecule has 0 spiro atoms. The summed E-state index contributed by atoms with van der Waals surface area (Å²) < 4.78 is 25.1. The van der Waals surface area contributed by atoms with E-state index in [4.69, 9.17) is 4.98 Å². The second-order valence-corrected chi connectivity index (χ2v) is 9.74. The molecule has 1 fully saturated rings. The molecule has 3 aromatic rings. The summed E-state index contributed by atoms with van der Waals surface area (Å²) in [6.45, 7) is 1.05. The summed E-state index contributed by atoms with van der Waals surface area (Å²) in [6, 6.07) is 14.2. The zero-order valence-corrected chi connectivity index (χ0v) is 18.0. The molecule has 2 aromatic carbocycles. The second-order valence-electron chi connectivity index (χ2n) is 8.05. The van der Waals surface area contributed by atoms with Gasteiger partial charge in [0.25, 0.3) is 5.91 Å². The number of hydrogen-bond acceptors (Lipinski definition) is 3. The van der Waals surface area contributed by atoms with Crippen LogP contribution in [-0.4, -0.2) is 44.6 Å². The smallest absolute Gasteiger partial charge is 0.254 e. The molecule has 1 aromatic heterocycles. The Morgan fingerprint density at radius 3 is 2.55 bits per heavy atom. The Morgan fingerprint density at radius 1 is 1.03 bits per heavy atom. The van der Waals surface area contributed by atoms with E-state index in [9.17, 15) is 13.4 Å². The fourth-order valence-corrected chi connectivity index (χ4v) is 5.53. The standard InChI is InChI=1S/C25H23FN2O2S/c26-19-10-8-17(9-11-19)16-18-4-3-6-21-23(25(29)28-12-14-31(30)15-13-28)20-5-1-2-7-22(20)27-24(18)21/h1-2,5,7-11,16H,3-4,6,12-15H2/b18-16+. The van der Waals surface area contributed by atoms with E-state index in [0.717, 1.165) is 58.1 Å². The molecule has 158 valence electrons. The quantitative estimate of drug-likeness (QED) is 0.599. The third-order valence-electron chi connectivity index (χ3n) is 6.06. The van der Waals surface area contributed by atoms with Crippen LogP contribution in [0.5, 0.6) is 0 Å². The van der Waals surface area contributed by atoms with Gasteiger partial charge in [0.15, 0.2) is 0 Å². The van der Waals surface area contributed by atoms with E-state index < -0.39 is 10.8 Å². The van der Waals surface area contributed by atoms with Gasteiger partial charge in [0.1, 0.15) is 5.82 Å². The molecule has 0 N–H and O–H groups in total. The average Bonchev–Trinajstić information content (AvgIpc) is 2.79. The van der Waals surface area contributed by atoms with Gasteiger partial charge < -0.3 is 4.90 Å². The Balaban J connectivity index is 1.65. The highest BCUT2D eigenvalue weighted by molar-refractivity contribution is 7.85. The van der Waals surface area contributed by atoms with Gasteiger partial charge in [0.05, 0.1) is 16.8 Å². The number of carbonyl (C=O) groups is 1. The number of benzene rings is 2. The fraction of sp³-hybridized carbons (Fsp3) is 0.280. The van der Waals surface area contributed by atoms with Crippen molar-refractivity contribution in [1.82, 2.24) is 9.88 Å². The lowest BCUT2D eigenvalue weighted by Crippen LogP contribution is -2.42. The van der Waals surface area contributed by atoms with Crippen LogP contribution in [0.15, 0.2) is 48.5 Å². The van der Waals surface area contributed by atoms with Crippen molar-refractivity contribution < 1.29 is 13.4 Å². The molecule has 4 nitrogen and oxygen atoms in total. The molecule has 1 amide bonds. The number of allylic oxidation sites excluding steroid dienone is 1. The molecule has 31 heavy (non-hydrogen) atoms. The maximum atomic E-state index is 13.6. The van der Waals surface area contributed by atoms with E-state index >= 15 is 0 Å². The van der Waals surface area contributed by atoms with Crippen LogP contribution in [0.4, 0.5) is 4.39 Å². The molecular formula is C25H23FN2O2S. The zero-order chi connectivity index (χ0) is 21.4. The summed E-state index contributed by atoms with van der Waals surface area (Å²) in [7, 11) is -0.835. The molecule has 6 heteroatoms. The molecule has 0 saturated carbocycles. The van der Waals surface area contributed by atoms with Crippen LogP contribution in [0.2, 0.25) is 0 Å². The Hall–Kier alpha value is -2.86. The molecule has 0 atom stereocenters. The van der Waals surface area contributed by atoms with Crippen molar-refractivity contribution in [3.63, 3.8) is 0 Å².